The Bertz CT molecular complexity index is 637. The van der Waals surface area contributed by atoms with E-state index in [0.29, 0.717) is 11.5 Å². The molecule has 2 rings (SSSR count). The second-order valence-electron chi connectivity index (χ2n) is 6.67. The molecule has 0 aliphatic carbocycles. The van der Waals surface area contributed by atoms with Crippen LogP contribution >= 0.6 is 0 Å². The van der Waals surface area contributed by atoms with Crippen LogP contribution in [0.25, 0.3) is 11.0 Å². The van der Waals surface area contributed by atoms with Gasteiger partial charge in [-0.15, -0.1) is 0 Å². The molecule has 0 spiro atoms. The molecule has 1 aromatic carbocycles. The van der Waals surface area contributed by atoms with Crippen molar-refractivity contribution in [2.24, 2.45) is 0 Å². The van der Waals surface area contributed by atoms with Crippen molar-refractivity contribution in [2.75, 3.05) is 14.2 Å². The van der Waals surface area contributed by atoms with Crippen molar-refractivity contribution in [1.82, 2.24) is 0 Å². The van der Waals surface area contributed by atoms with Crippen LogP contribution in [0.5, 0.6) is 17.2 Å². The standard InChI is InChI=1S/C16H24O4Si/c1-16(2,3)21(6,7)20-15-10-19-12-9-14(18-5)13(17-4)8-11(12)15/h8-10H,1-7H3. The van der Waals surface area contributed by atoms with Crippen molar-refractivity contribution >= 4 is 19.3 Å². The van der Waals surface area contributed by atoms with Crippen LogP contribution in [-0.4, -0.2) is 22.5 Å². The fraction of sp³-hybridized carbons (Fsp3) is 0.500. The highest BCUT2D eigenvalue weighted by Crippen LogP contribution is 2.42. The van der Waals surface area contributed by atoms with E-state index in [9.17, 15) is 0 Å². The van der Waals surface area contributed by atoms with Gasteiger partial charge in [-0.05, 0) is 24.2 Å². The molecule has 0 N–H and O–H groups in total. The molecule has 0 unspecified atom stereocenters. The van der Waals surface area contributed by atoms with E-state index in [1.54, 1.807) is 20.5 Å². The minimum atomic E-state index is -1.91. The highest BCUT2D eigenvalue weighted by molar-refractivity contribution is 6.74. The van der Waals surface area contributed by atoms with E-state index in [1.165, 1.54) is 0 Å². The molecule has 0 saturated heterocycles. The van der Waals surface area contributed by atoms with Crippen LogP contribution < -0.4 is 13.9 Å². The van der Waals surface area contributed by atoms with Gasteiger partial charge in [0.2, 0.25) is 0 Å². The number of hydrogen-bond acceptors (Lipinski definition) is 4. The number of rotatable bonds is 4. The number of furan rings is 1. The zero-order chi connectivity index (χ0) is 15.8. The summed E-state index contributed by atoms with van der Waals surface area (Å²) in [4.78, 5) is 0. The molecule has 21 heavy (non-hydrogen) atoms. The molecule has 2 aromatic rings. The number of ether oxygens (including phenoxy) is 2. The minimum absolute atomic E-state index is 0.132. The summed E-state index contributed by atoms with van der Waals surface area (Å²) >= 11 is 0. The summed E-state index contributed by atoms with van der Waals surface area (Å²) in [7, 11) is 1.33. The molecule has 0 aliphatic heterocycles. The van der Waals surface area contributed by atoms with Crippen LogP contribution in [-0.2, 0) is 0 Å². The Labute approximate surface area is 127 Å². The summed E-state index contributed by atoms with van der Waals surface area (Å²) < 4.78 is 22.6. The smallest absolute Gasteiger partial charge is 0.250 e. The van der Waals surface area contributed by atoms with E-state index in [-0.39, 0.29) is 5.04 Å². The van der Waals surface area contributed by atoms with Gasteiger partial charge in [0.1, 0.15) is 11.8 Å². The van der Waals surface area contributed by atoms with Crippen molar-refractivity contribution in [1.29, 1.82) is 0 Å². The lowest BCUT2D eigenvalue weighted by Gasteiger charge is -2.36. The number of hydrogen-bond donors (Lipinski definition) is 0. The third-order valence-electron chi connectivity index (χ3n) is 4.22. The normalized spacial score (nSPS) is 12.5. The lowest BCUT2D eigenvalue weighted by molar-refractivity contribution is 0.355. The molecule has 0 saturated carbocycles. The van der Waals surface area contributed by atoms with Gasteiger partial charge >= 0.3 is 0 Å². The van der Waals surface area contributed by atoms with Gasteiger partial charge in [-0.1, -0.05) is 20.8 Å². The number of benzene rings is 1. The maximum absolute atomic E-state index is 6.34. The number of methoxy groups -OCH3 is 2. The van der Waals surface area contributed by atoms with Gasteiger partial charge in [-0.25, -0.2) is 0 Å². The summed E-state index contributed by atoms with van der Waals surface area (Å²) in [6, 6.07) is 3.73. The summed E-state index contributed by atoms with van der Waals surface area (Å²) in [5, 5.41) is 1.05. The Morgan fingerprint density at radius 2 is 1.52 bits per heavy atom. The van der Waals surface area contributed by atoms with Gasteiger partial charge in [0.25, 0.3) is 8.32 Å². The Balaban J connectivity index is 2.47. The first-order valence-corrected chi connectivity index (χ1v) is 9.92. The maximum Gasteiger partial charge on any atom is 0.250 e. The van der Waals surface area contributed by atoms with Crippen molar-refractivity contribution in [3.63, 3.8) is 0 Å². The summed E-state index contributed by atoms with van der Waals surface area (Å²) in [6.07, 6.45) is 1.67. The van der Waals surface area contributed by atoms with E-state index >= 15 is 0 Å². The molecule has 5 heteroatoms. The first kappa shape index (κ1) is 15.8. The van der Waals surface area contributed by atoms with Crippen LogP contribution in [0, 0.1) is 0 Å². The van der Waals surface area contributed by atoms with Crippen molar-refractivity contribution in [2.45, 2.75) is 38.9 Å². The van der Waals surface area contributed by atoms with Crippen molar-refractivity contribution < 1.29 is 18.3 Å². The van der Waals surface area contributed by atoms with Crippen LogP contribution in [0.2, 0.25) is 18.1 Å². The Hall–Kier alpha value is -1.62. The van der Waals surface area contributed by atoms with E-state index < -0.39 is 8.32 Å². The molecule has 1 aromatic heterocycles. The zero-order valence-corrected chi connectivity index (χ0v) is 14.9. The fourth-order valence-corrected chi connectivity index (χ4v) is 2.85. The predicted octanol–water partition coefficient (Wildman–Crippen LogP) is 4.83. The molecule has 0 amide bonds. The molecular formula is C16H24O4Si. The second kappa shape index (κ2) is 5.29. The van der Waals surface area contributed by atoms with Gasteiger partial charge < -0.3 is 18.3 Å². The van der Waals surface area contributed by atoms with E-state index in [2.05, 4.69) is 33.9 Å². The van der Waals surface area contributed by atoms with Crippen molar-refractivity contribution in [3.8, 4) is 17.2 Å². The fourth-order valence-electron chi connectivity index (χ4n) is 1.84. The molecular weight excluding hydrogens is 284 g/mol. The van der Waals surface area contributed by atoms with E-state index in [4.69, 9.17) is 18.3 Å². The second-order valence-corrected chi connectivity index (χ2v) is 11.4. The lowest BCUT2D eigenvalue weighted by Crippen LogP contribution is -2.43. The molecule has 0 atom stereocenters. The average molecular weight is 308 g/mol. The average Bonchev–Trinajstić information content (AvgIpc) is 2.77. The molecule has 4 nitrogen and oxygen atoms in total. The largest absolute Gasteiger partial charge is 0.541 e. The van der Waals surface area contributed by atoms with Crippen LogP contribution in [0.4, 0.5) is 0 Å². The van der Waals surface area contributed by atoms with Crippen molar-refractivity contribution in [3.05, 3.63) is 18.4 Å². The van der Waals surface area contributed by atoms with Crippen LogP contribution in [0.1, 0.15) is 20.8 Å². The monoisotopic (exact) mass is 308 g/mol. The first-order chi connectivity index (χ1) is 9.69. The quantitative estimate of drug-likeness (QED) is 0.758. The molecule has 0 aliphatic rings. The highest BCUT2D eigenvalue weighted by Gasteiger charge is 2.39. The Morgan fingerprint density at radius 3 is 2.05 bits per heavy atom. The van der Waals surface area contributed by atoms with Gasteiger partial charge in [-0.2, -0.15) is 0 Å². The highest BCUT2D eigenvalue weighted by atomic mass is 28.4. The molecule has 0 radical (unpaired) electrons. The molecule has 116 valence electrons. The third kappa shape index (κ3) is 2.88. The molecule has 0 fully saturated rings. The van der Waals surface area contributed by atoms with Gasteiger partial charge in [0.05, 0.1) is 19.6 Å². The van der Waals surface area contributed by atoms with E-state index in [0.717, 1.165) is 16.7 Å². The van der Waals surface area contributed by atoms with Gasteiger partial charge in [-0.3, -0.25) is 0 Å². The summed E-state index contributed by atoms with van der Waals surface area (Å²) in [6.45, 7) is 11.1. The van der Waals surface area contributed by atoms with Gasteiger partial charge in [0, 0.05) is 6.07 Å². The number of fused-ring (bicyclic) bond motifs is 1. The maximum atomic E-state index is 6.34. The van der Waals surface area contributed by atoms with Gasteiger partial charge in [0.15, 0.2) is 17.2 Å². The Kier molecular flexibility index (Phi) is 3.97. The molecule has 1 heterocycles. The summed E-state index contributed by atoms with van der Waals surface area (Å²) in [5.41, 5.74) is 0.737. The predicted molar refractivity (Wildman–Crippen MR) is 87.1 cm³/mol. The zero-order valence-electron chi connectivity index (χ0n) is 13.9. The topological polar surface area (TPSA) is 40.8 Å². The molecule has 0 bridgehead atoms. The first-order valence-electron chi connectivity index (χ1n) is 7.02. The SMILES string of the molecule is COc1cc2occ(O[Si](C)(C)C(C)(C)C)c2cc1OC. The van der Waals surface area contributed by atoms with Crippen LogP contribution in [0.3, 0.4) is 0 Å². The third-order valence-corrected chi connectivity index (χ3v) is 8.56. The summed E-state index contributed by atoms with van der Waals surface area (Å²) in [5.74, 6) is 2.10. The van der Waals surface area contributed by atoms with Crippen LogP contribution in [0.15, 0.2) is 22.8 Å². The van der Waals surface area contributed by atoms with E-state index in [1.807, 2.05) is 12.1 Å². The minimum Gasteiger partial charge on any atom is -0.541 e. The Morgan fingerprint density at radius 1 is 0.952 bits per heavy atom. The lowest BCUT2D eigenvalue weighted by atomic mass is 10.2.